The van der Waals surface area contributed by atoms with E-state index in [1.54, 1.807) is 16.8 Å². The van der Waals surface area contributed by atoms with Gasteiger partial charge in [-0.3, -0.25) is 9.48 Å². The highest BCUT2D eigenvalue weighted by atomic mass is 19.1. The molecule has 0 saturated heterocycles. The molecule has 1 heterocycles. The van der Waals surface area contributed by atoms with Gasteiger partial charge in [-0.2, -0.15) is 5.10 Å². The van der Waals surface area contributed by atoms with Gasteiger partial charge in [-0.1, -0.05) is 30.3 Å². The number of rotatable bonds is 3. The molecule has 0 radical (unpaired) electrons. The number of hydrogen-bond donors (Lipinski definition) is 0. The fourth-order valence-corrected chi connectivity index (χ4v) is 2.35. The Labute approximate surface area is 115 Å². The van der Waals surface area contributed by atoms with Crippen LogP contribution in [0.3, 0.4) is 0 Å². The minimum absolute atomic E-state index is 0.0995. The summed E-state index contributed by atoms with van der Waals surface area (Å²) < 4.78 is 15.4. The van der Waals surface area contributed by atoms with Crippen molar-refractivity contribution in [1.82, 2.24) is 9.78 Å². The summed E-state index contributed by atoms with van der Waals surface area (Å²) in [4.78, 5) is 12.2. The summed E-state index contributed by atoms with van der Waals surface area (Å²) in [5.74, 6) is -0.746. The van der Waals surface area contributed by atoms with Gasteiger partial charge in [0.2, 0.25) is 0 Å². The number of Topliss-reactive ketones (excluding diaryl/α,β-unsaturated/α-hetero) is 1. The molecule has 0 bridgehead atoms. The zero-order valence-corrected chi connectivity index (χ0v) is 11.0. The fourth-order valence-electron chi connectivity index (χ4n) is 2.35. The predicted molar refractivity (Wildman–Crippen MR) is 75.1 cm³/mol. The topological polar surface area (TPSA) is 34.9 Å². The molecule has 0 aliphatic carbocycles. The average molecular weight is 268 g/mol. The fraction of sp³-hybridized carbons (Fsp3) is 0.125. The zero-order valence-electron chi connectivity index (χ0n) is 11.0. The van der Waals surface area contributed by atoms with Crippen LogP contribution in [0, 0.1) is 5.82 Å². The third-order valence-corrected chi connectivity index (χ3v) is 3.34. The third-order valence-electron chi connectivity index (χ3n) is 3.34. The van der Waals surface area contributed by atoms with Crippen LogP contribution in [0.5, 0.6) is 0 Å². The van der Waals surface area contributed by atoms with Crippen LogP contribution in [0.15, 0.2) is 48.5 Å². The zero-order chi connectivity index (χ0) is 14.1. The Kier molecular flexibility index (Phi) is 3.06. The maximum absolute atomic E-state index is 13.6. The average Bonchev–Trinajstić information content (AvgIpc) is 2.76. The van der Waals surface area contributed by atoms with E-state index in [-0.39, 0.29) is 17.8 Å². The molecule has 2 aromatic carbocycles. The van der Waals surface area contributed by atoms with Crippen LogP contribution in [-0.4, -0.2) is 15.6 Å². The normalized spacial score (nSPS) is 10.9. The van der Waals surface area contributed by atoms with Gasteiger partial charge in [0.1, 0.15) is 5.82 Å². The van der Waals surface area contributed by atoms with Crippen LogP contribution < -0.4 is 0 Å². The van der Waals surface area contributed by atoms with Crippen molar-refractivity contribution < 1.29 is 9.18 Å². The van der Waals surface area contributed by atoms with E-state index >= 15 is 0 Å². The summed E-state index contributed by atoms with van der Waals surface area (Å²) in [6, 6.07) is 13.7. The second-order valence-electron chi connectivity index (χ2n) is 4.67. The van der Waals surface area contributed by atoms with Gasteiger partial charge >= 0.3 is 0 Å². The summed E-state index contributed by atoms with van der Waals surface area (Å²) in [7, 11) is 1.83. The number of aryl methyl sites for hydroxylation is 1. The van der Waals surface area contributed by atoms with Gasteiger partial charge in [0, 0.05) is 12.4 Å². The summed E-state index contributed by atoms with van der Waals surface area (Å²) in [6.45, 7) is 0. The highest BCUT2D eigenvalue weighted by Crippen LogP contribution is 2.19. The monoisotopic (exact) mass is 268 g/mol. The lowest BCUT2D eigenvalue weighted by atomic mass is 10.0. The molecule has 3 nitrogen and oxygen atoms in total. The number of carbonyl (C=O) groups excluding carboxylic acids is 1. The van der Waals surface area contributed by atoms with Crippen molar-refractivity contribution in [2.24, 2.45) is 7.05 Å². The summed E-state index contributed by atoms with van der Waals surface area (Å²) >= 11 is 0. The van der Waals surface area contributed by atoms with Crippen molar-refractivity contribution in [3.63, 3.8) is 0 Å². The van der Waals surface area contributed by atoms with E-state index in [0.29, 0.717) is 5.69 Å². The number of para-hydroxylation sites is 1. The maximum Gasteiger partial charge on any atom is 0.171 e. The quantitative estimate of drug-likeness (QED) is 0.684. The number of benzene rings is 2. The van der Waals surface area contributed by atoms with E-state index in [9.17, 15) is 9.18 Å². The van der Waals surface area contributed by atoms with Gasteiger partial charge < -0.3 is 0 Å². The number of halogens is 1. The van der Waals surface area contributed by atoms with Gasteiger partial charge in [0.25, 0.3) is 0 Å². The van der Waals surface area contributed by atoms with E-state index < -0.39 is 5.82 Å². The van der Waals surface area contributed by atoms with Crippen LogP contribution in [0.25, 0.3) is 10.9 Å². The molecule has 0 fully saturated rings. The third kappa shape index (κ3) is 2.09. The molecule has 0 spiro atoms. The molecule has 0 amide bonds. The van der Waals surface area contributed by atoms with Crippen molar-refractivity contribution in [1.29, 1.82) is 0 Å². The molecule has 0 atom stereocenters. The number of nitrogens with zero attached hydrogens (tertiary/aromatic N) is 2. The molecule has 3 rings (SSSR count). The number of carbonyl (C=O) groups is 1. The Bertz CT molecular complexity index is 792. The van der Waals surface area contributed by atoms with Gasteiger partial charge in [0.05, 0.1) is 23.2 Å². The molecule has 3 aromatic rings. The van der Waals surface area contributed by atoms with Crippen molar-refractivity contribution in [2.45, 2.75) is 6.42 Å². The van der Waals surface area contributed by atoms with Gasteiger partial charge in [-0.15, -0.1) is 0 Å². The van der Waals surface area contributed by atoms with E-state index in [4.69, 9.17) is 0 Å². The minimum Gasteiger partial charge on any atom is -0.294 e. The molecule has 100 valence electrons. The molecular weight excluding hydrogens is 255 g/mol. The van der Waals surface area contributed by atoms with Crippen molar-refractivity contribution in [3.05, 3.63) is 65.6 Å². The SMILES string of the molecule is Cn1nc(CC(=O)c2ccccc2F)c2ccccc21. The first-order valence-electron chi connectivity index (χ1n) is 6.35. The van der Waals surface area contributed by atoms with Crippen LogP contribution in [-0.2, 0) is 13.5 Å². The molecular formula is C16H13FN2O. The molecule has 1 aromatic heterocycles. The van der Waals surface area contributed by atoms with Gasteiger partial charge in [-0.25, -0.2) is 4.39 Å². The summed E-state index contributed by atoms with van der Waals surface area (Å²) in [5, 5.41) is 5.29. The first-order chi connectivity index (χ1) is 9.66. The molecule has 20 heavy (non-hydrogen) atoms. The first-order valence-corrected chi connectivity index (χ1v) is 6.35. The smallest absolute Gasteiger partial charge is 0.171 e. The number of aromatic nitrogens is 2. The maximum atomic E-state index is 13.6. The largest absolute Gasteiger partial charge is 0.294 e. The first kappa shape index (κ1) is 12.5. The molecule has 4 heteroatoms. The summed E-state index contributed by atoms with van der Waals surface area (Å²) in [6.07, 6.45) is 0.0995. The van der Waals surface area contributed by atoms with Crippen molar-refractivity contribution >= 4 is 16.7 Å². The molecule has 0 aliphatic rings. The Morgan fingerprint density at radius 3 is 2.65 bits per heavy atom. The Morgan fingerprint density at radius 1 is 1.15 bits per heavy atom. The van der Waals surface area contributed by atoms with Crippen molar-refractivity contribution in [2.75, 3.05) is 0 Å². The van der Waals surface area contributed by atoms with Crippen LogP contribution in [0.4, 0.5) is 4.39 Å². The second kappa shape index (κ2) is 4.89. The van der Waals surface area contributed by atoms with Crippen molar-refractivity contribution in [3.8, 4) is 0 Å². The second-order valence-corrected chi connectivity index (χ2v) is 4.67. The van der Waals surface area contributed by atoms with E-state index in [1.807, 2.05) is 31.3 Å². The molecule has 0 saturated carbocycles. The Balaban J connectivity index is 1.98. The number of fused-ring (bicyclic) bond motifs is 1. The highest BCUT2D eigenvalue weighted by Gasteiger charge is 2.16. The molecule has 0 N–H and O–H groups in total. The lowest BCUT2D eigenvalue weighted by Gasteiger charge is -2.00. The predicted octanol–water partition coefficient (Wildman–Crippen LogP) is 3.14. The van der Waals surface area contributed by atoms with E-state index in [1.165, 1.54) is 12.1 Å². The van der Waals surface area contributed by atoms with Crippen LogP contribution in [0.2, 0.25) is 0 Å². The number of hydrogen-bond acceptors (Lipinski definition) is 2. The molecule has 0 unspecified atom stereocenters. The lowest BCUT2D eigenvalue weighted by Crippen LogP contribution is -2.07. The Hall–Kier alpha value is -2.49. The standard InChI is InChI=1S/C16H13FN2O/c1-19-15-9-5-3-7-12(15)14(18-19)10-16(20)11-6-2-4-8-13(11)17/h2-9H,10H2,1H3. The Morgan fingerprint density at radius 2 is 1.85 bits per heavy atom. The van der Waals surface area contributed by atoms with Gasteiger partial charge in [-0.05, 0) is 18.2 Å². The number of ketones is 1. The molecule has 0 aliphatic heterocycles. The van der Waals surface area contributed by atoms with Crippen LogP contribution >= 0.6 is 0 Å². The highest BCUT2D eigenvalue weighted by molar-refractivity contribution is 5.99. The van der Waals surface area contributed by atoms with Crippen LogP contribution in [0.1, 0.15) is 16.1 Å². The lowest BCUT2D eigenvalue weighted by molar-refractivity contribution is 0.0988. The van der Waals surface area contributed by atoms with E-state index in [0.717, 1.165) is 10.9 Å². The van der Waals surface area contributed by atoms with E-state index in [2.05, 4.69) is 5.10 Å². The minimum atomic E-state index is -0.488. The van der Waals surface area contributed by atoms with Gasteiger partial charge in [0.15, 0.2) is 5.78 Å². The summed E-state index contributed by atoms with van der Waals surface area (Å²) in [5.41, 5.74) is 1.75.